The van der Waals surface area contributed by atoms with Gasteiger partial charge in [-0.05, 0) is 23.2 Å². The molecule has 0 atom stereocenters. The van der Waals surface area contributed by atoms with E-state index in [0.29, 0.717) is 11.8 Å². The Labute approximate surface area is 74.0 Å². The van der Waals surface area contributed by atoms with E-state index in [1.54, 1.807) is 4.40 Å². The van der Waals surface area contributed by atoms with Crippen LogP contribution in [0, 0.1) is 0 Å². The van der Waals surface area contributed by atoms with Gasteiger partial charge in [0.1, 0.15) is 0 Å². The Morgan fingerprint density at radius 1 is 1.42 bits per heavy atom. The number of pyridine rings is 1. The first kappa shape index (κ1) is 7.52. The molecule has 0 aromatic carbocycles. The Hall–Kier alpha value is -1.13. The van der Waals surface area contributed by atoms with Crippen LogP contribution in [0.1, 0.15) is 5.56 Å². The van der Waals surface area contributed by atoms with E-state index in [2.05, 4.69) is 10.2 Å². The third kappa shape index (κ3) is 1.05. The third-order valence-corrected chi connectivity index (χ3v) is 1.92. The number of aromatic nitrogens is 3. The molecule has 2 aromatic heterocycles. The lowest BCUT2D eigenvalue weighted by molar-refractivity contribution is 1.02. The molecule has 0 bridgehead atoms. The average molecular weight is 183 g/mol. The van der Waals surface area contributed by atoms with Gasteiger partial charge in [-0.15, -0.1) is 10.2 Å². The van der Waals surface area contributed by atoms with E-state index in [4.69, 9.17) is 17.3 Å². The second-order valence-corrected chi connectivity index (χ2v) is 2.78. The van der Waals surface area contributed by atoms with Crippen molar-refractivity contribution in [2.24, 2.45) is 5.73 Å². The SMILES string of the molecule is NCc1ccc2nnc(Cl)n2c1. The topological polar surface area (TPSA) is 56.2 Å². The smallest absolute Gasteiger partial charge is 0.229 e. The third-order valence-electron chi connectivity index (χ3n) is 1.66. The van der Waals surface area contributed by atoms with E-state index in [0.717, 1.165) is 11.2 Å². The quantitative estimate of drug-likeness (QED) is 0.711. The number of hydrogen-bond donors (Lipinski definition) is 1. The molecule has 5 heteroatoms. The highest BCUT2D eigenvalue weighted by Gasteiger charge is 2.01. The second kappa shape index (κ2) is 2.73. The van der Waals surface area contributed by atoms with Crippen LogP contribution in [0.4, 0.5) is 0 Å². The summed E-state index contributed by atoms with van der Waals surface area (Å²) in [5.41, 5.74) is 7.20. The van der Waals surface area contributed by atoms with Gasteiger partial charge in [-0.1, -0.05) is 6.07 Å². The number of rotatable bonds is 1. The molecule has 0 radical (unpaired) electrons. The molecular formula is C7H7ClN4. The lowest BCUT2D eigenvalue weighted by atomic mass is 10.3. The molecule has 12 heavy (non-hydrogen) atoms. The van der Waals surface area contributed by atoms with Crippen LogP contribution in [0.3, 0.4) is 0 Å². The van der Waals surface area contributed by atoms with Crippen molar-refractivity contribution in [1.82, 2.24) is 14.6 Å². The fourth-order valence-electron chi connectivity index (χ4n) is 1.03. The fourth-order valence-corrected chi connectivity index (χ4v) is 1.20. The van der Waals surface area contributed by atoms with Crippen LogP contribution < -0.4 is 5.73 Å². The van der Waals surface area contributed by atoms with Crippen molar-refractivity contribution >= 4 is 17.2 Å². The molecule has 0 spiro atoms. The van der Waals surface area contributed by atoms with E-state index in [9.17, 15) is 0 Å². The molecule has 0 saturated heterocycles. The molecule has 0 aliphatic rings. The largest absolute Gasteiger partial charge is 0.326 e. The van der Waals surface area contributed by atoms with Gasteiger partial charge in [-0.25, -0.2) is 0 Å². The van der Waals surface area contributed by atoms with Crippen molar-refractivity contribution in [2.45, 2.75) is 6.54 Å². The van der Waals surface area contributed by atoms with Gasteiger partial charge in [-0.2, -0.15) is 0 Å². The van der Waals surface area contributed by atoms with Crippen LogP contribution in [0.25, 0.3) is 5.65 Å². The van der Waals surface area contributed by atoms with Gasteiger partial charge >= 0.3 is 0 Å². The first-order chi connectivity index (χ1) is 5.81. The highest BCUT2D eigenvalue weighted by molar-refractivity contribution is 6.28. The van der Waals surface area contributed by atoms with Crippen molar-refractivity contribution in [3.8, 4) is 0 Å². The van der Waals surface area contributed by atoms with Crippen LogP contribution in [-0.2, 0) is 6.54 Å². The number of nitrogens with two attached hydrogens (primary N) is 1. The normalized spacial score (nSPS) is 10.8. The molecule has 0 amide bonds. The zero-order valence-electron chi connectivity index (χ0n) is 6.24. The molecule has 0 saturated carbocycles. The monoisotopic (exact) mass is 182 g/mol. The summed E-state index contributed by atoms with van der Waals surface area (Å²) < 4.78 is 1.70. The van der Waals surface area contributed by atoms with E-state index in [1.165, 1.54) is 0 Å². The highest BCUT2D eigenvalue weighted by atomic mass is 35.5. The molecule has 62 valence electrons. The highest BCUT2D eigenvalue weighted by Crippen LogP contribution is 2.09. The minimum absolute atomic E-state index is 0.361. The van der Waals surface area contributed by atoms with Gasteiger partial charge in [0.2, 0.25) is 5.28 Å². The summed E-state index contributed by atoms with van der Waals surface area (Å²) in [6, 6.07) is 3.74. The predicted octanol–water partition coefficient (Wildman–Crippen LogP) is 0.841. The molecule has 2 N–H and O–H groups in total. The van der Waals surface area contributed by atoms with E-state index < -0.39 is 0 Å². The summed E-state index contributed by atoms with van der Waals surface area (Å²) in [7, 11) is 0. The fraction of sp³-hybridized carbons (Fsp3) is 0.143. The van der Waals surface area contributed by atoms with Gasteiger partial charge in [0, 0.05) is 12.7 Å². The Kier molecular flexibility index (Phi) is 1.71. The van der Waals surface area contributed by atoms with Crippen molar-refractivity contribution in [2.75, 3.05) is 0 Å². The van der Waals surface area contributed by atoms with E-state index in [-0.39, 0.29) is 0 Å². The Morgan fingerprint density at radius 3 is 3.00 bits per heavy atom. The molecule has 0 aliphatic carbocycles. The van der Waals surface area contributed by atoms with Gasteiger partial charge in [0.25, 0.3) is 0 Å². The van der Waals surface area contributed by atoms with Crippen molar-refractivity contribution < 1.29 is 0 Å². The van der Waals surface area contributed by atoms with Gasteiger partial charge in [-0.3, -0.25) is 4.40 Å². The Morgan fingerprint density at radius 2 is 2.25 bits per heavy atom. The van der Waals surface area contributed by atoms with Crippen molar-refractivity contribution in [1.29, 1.82) is 0 Å². The van der Waals surface area contributed by atoms with Gasteiger partial charge in [0.05, 0.1) is 0 Å². The van der Waals surface area contributed by atoms with Gasteiger partial charge < -0.3 is 5.73 Å². The van der Waals surface area contributed by atoms with Crippen LogP contribution in [0.2, 0.25) is 5.28 Å². The van der Waals surface area contributed by atoms with Crippen molar-refractivity contribution in [3.63, 3.8) is 0 Å². The summed E-state index contributed by atoms with van der Waals surface area (Å²) >= 11 is 5.75. The number of fused-ring (bicyclic) bond motifs is 1. The standard InChI is InChI=1S/C7H7ClN4/c8-7-11-10-6-2-1-5(3-9)4-12(6)7/h1-2,4H,3,9H2. The molecule has 0 unspecified atom stereocenters. The maximum atomic E-state index is 5.75. The zero-order chi connectivity index (χ0) is 8.55. The summed E-state index contributed by atoms with van der Waals surface area (Å²) in [4.78, 5) is 0. The summed E-state index contributed by atoms with van der Waals surface area (Å²) in [5.74, 6) is 0. The summed E-state index contributed by atoms with van der Waals surface area (Å²) in [6.07, 6.45) is 1.83. The zero-order valence-corrected chi connectivity index (χ0v) is 6.99. The number of nitrogens with zero attached hydrogens (tertiary/aromatic N) is 3. The molecule has 2 aromatic rings. The van der Waals surface area contributed by atoms with Crippen LogP contribution in [0.5, 0.6) is 0 Å². The molecule has 4 nitrogen and oxygen atoms in total. The maximum absolute atomic E-state index is 5.75. The minimum atomic E-state index is 0.361. The number of hydrogen-bond acceptors (Lipinski definition) is 3. The van der Waals surface area contributed by atoms with E-state index in [1.807, 2.05) is 18.3 Å². The number of halogens is 1. The van der Waals surface area contributed by atoms with Gasteiger partial charge in [0.15, 0.2) is 5.65 Å². The molecule has 2 rings (SSSR count). The van der Waals surface area contributed by atoms with Crippen LogP contribution in [0.15, 0.2) is 18.3 Å². The second-order valence-electron chi connectivity index (χ2n) is 2.44. The molecule has 0 aliphatic heterocycles. The van der Waals surface area contributed by atoms with Crippen LogP contribution in [-0.4, -0.2) is 14.6 Å². The maximum Gasteiger partial charge on any atom is 0.229 e. The predicted molar refractivity (Wildman–Crippen MR) is 45.9 cm³/mol. The molecule has 2 heterocycles. The Bertz CT molecular complexity index is 409. The van der Waals surface area contributed by atoms with Crippen molar-refractivity contribution in [3.05, 3.63) is 29.2 Å². The lowest BCUT2D eigenvalue weighted by Crippen LogP contribution is -1.98. The Balaban J connectivity index is 2.71. The minimum Gasteiger partial charge on any atom is -0.326 e. The summed E-state index contributed by atoms with van der Waals surface area (Å²) in [5, 5.41) is 7.90. The first-order valence-corrected chi connectivity index (χ1v) is 3.88. The lowest BCUT2D eigenvalue weighted by Gasteiger charge is -1.97. The first-order valence-electron chi connectivity index (χ1n) is 3.50. The average Bonchev–Trinajstić information content (AvgIpc) is 2.47. The van der Waals surface area contributed by atoms with Crippen LogP contribution >= 0.6 is 11.6 Å². The van der Waals surface area contributed by atoms with E-state index >= 15 is 0 Å². The summed E-state index contributed by atoms with van der Waals surface area (Å²) in [6.45, 7) is 0.491. The molecular weight excluding hydrogens is 176 g/mol. The molecule has 0 fully saturated rings.